The molecule has 0 aromatic carbocycles. The van der Waals surface area contributed by atoms with Gasteiger partial charge in [0.25, 0.3) is 0 Å². The third-order valence-electron chi connectivity index (χ3n) is 2.83. The van der Waals surface area contributed by atoms with Gasteiger partial charge in [-0.2, -0.15) is 0 Å². The highest BCUT2D eigenvalue weighted by Crippen LogP contribution is 2.33. The van der Waals surface area contributed by atoms with Crippen LogP contribution < -0.4 is 0 Å². The topological polar surface area (TPSA) is 26.3 Å². The summed E-state index contributed by atoms with van der Waals surface area (Å²) in [6.07, 6.45) is 3.98. The Balaban J connectivity index is 2.39. The molecule has 0 radical (unpaired) electrons. The maximum absolute atomic E-state index is 11.1. The zero-order valence-electron chi connectivity index (χ0n) is 7.33. The highest BCUT2D eigenvalue weighted by molar-refractivity contribution is 5.95. The van der Waals surface area contributed by atoms with Crippen LogP contribution in [0.3, 0.4) is 0 Å². The third-order valence-corrected chi connectivity index (χ3v) is 2.83. The predicted molar refractivity (Wildman–Crippen MR) is 45.5 cm³/mol. The molecule has 2 nitrogen and oxygen atoms in total. The van der Waals surface area contributed by atoms with E-state index in [-0.39, 0.29) is 5.97 Å². The summed E-state index contributed by atoms with van der Waals surface area (Å²) in [5.41, 5.74) is 1.97. The van der Waals surface area contributed by atoms with E-state index in [9.17, 15) is 4.79 Å². The highest BCUT2D eigenvalue weighted by atomic mass is 16.5. The number of carbonyl (C=O) groups excluding carboxylic acids is 1. The Morgan fingerprint density at radius 3 is 3.00 bits per heavy atom. The summed E-state index contributed by atoms with van der Waals surface area (Å²) < 4.78 is 4.95. The van der Waals surface area contributed by atoms with E-state index in [1.165, 1.54) is 5.57 Å². The molecule has 0 bridgehead atoms. The van der Waals surface area contributed by atoms with Crippen LogP contribution in [0.2, 0.25) is 0 Å². The van der Waals surface area contributed by atoms with Crippen LogP contribution in [0.1, 0.15) is 13.8 Å². The normalized spacial score (nSPS) is 33.7. The first kappa shape index (κ1) is 7.59. The molecular formula is C10H12O2. The van der Waals surface area contributed by atoms with Gasteiger partial charge >= 0.3 is 5.97 Å². The second-order valence-electron chi connectivity index (χ2n) is 3.52. The summed E-state index contributed by atoms with van der Waals surface area (Å²) in [6.45, 7) is 4.81. The van der Waals surface area contributed by atoms with Gasteiger partial charge in [0.05, 0.1) is 5.57 Å². The van der Waals surface area contributed by atoms with Gasteiger partial charge in [0.2, 0.25) is 0 Å². The average Bonchev–Trinajstić information content (AvgIpc) is 2.41. The smallest absolute Gasteiger partial charge is 0.338 e. The SMILES string of the molecule is CC1C=CC2=C(COC2=O)C1C. The van der Waals surface area contributed by atoms with Gasteiger partial charge in [0, 0.05) is 0 Å². The maximum Gasteiger partial charge on any atom is 0.338 e. The van der Waals surface area contributed by atoms with Crippen molar-refractivity contribution in [3.8, 4) is 0 Å². The van der Waals surface area contributed by atoms with Gasteiger partial charge < -0.3 is 4.74 Å². The van der Waals surface area contributed by atoms with E-state index in [1.807, 2.05) is 6.08 Å². The molecule has 0 saturated heterocycles. The lowest BCUT2D eigenvalue weighted by Crippen LogP contribution is -2.13. The summed E-state index contributed by atoms with van der Waals surface area (Å²) in [5, 5.41) is 0. The van der Waals surface area contributed by atoms with Gasteiger partial charge in [-0.05, 0) is 17.4 Å². The van der Waals surface area contributed by atoms with Gasteiger partial charge in [-0.15, -0.1) is 0 Å². The number of carbonyl (C=O) groups is 1. The minimum Gasteiger partial charge on any atom is -0.458 e. The van der Waals surface area contributed by atoms with Crippen molar-refractivity contribution in [2.75, 3.05) is 6.61 Å². The van der Waals surface area contributed by atoms with E-state index < -0.39 is 0 Å². The van der Waals surface area contributed by atoms with Crippen molar-refractivity contribution < 1.29 is 9.53 Å². The summed E-state index contributed by atoms with van der Waals surface area (Å²) in [6, 6.07) is 0. The lowest BCUT2D eigenvalue weighted by molar-refractivity contribution is -0.135. The quantitative estimate of drug-likeness (QED) is 0.509. The molecule has 0 amide bonds. The monoisotopic (exact) mass is 164 g/mol. The molecular weight excluding hydrogens is 152 g/mol. The van der Waals surface area contributed by atoms with Gasteiger partial charge in [0.15, 0.2) is 0 Å². The largest absolute Gasteiger partial charge is 0.458 e. The molecule has 2 aliphatic rings. The summed E-state index contributed by atoms with van der Waals surface area (Å²) in [7, 11) is 0. The van der Waals surface area contributed by atoms with Gasteiger partial charge in [-0.25, -0.2) is 4.79 Å². The van der Waals surface area contributed by atoms with E-state index in [0.717, 1.165) is 5.57 Å². The first-order valence-corrected chi connectivity index (χ1v) is 4.28. The summed E-state index contributed by atoms with van der Waals surface area (Å²) >= 11 is 0. The minimum atomic E-state index is -0.153. The molecule has 1 aliphatic carbocycles. The Morgan fingerprint density at radius 1 is 1.50 bits per heavy atom. The molecule has 1 heterocycles. The van der Waals surface area contributed by atoms with E-state index in [1.54, 1.807) is 0 Å². The van der Waals surface area contributed by atoms with Crippen molar-refractivity contribution in [3.05, 3.63) is 23.3 Å². The van der Waals surface area contributed by atoms with Crippen LogP contribution >= 0.6 is 0 Å². The average molecular weight is 164 g/mol. The van der Waals surface area contributed by atoms with Crippen LogP contribution in [0.15, 0.2) is 23.3 Å². The Kier molecular flexibility index (Phi) is 1.56. The number of cyclic esters (lactones) is 1. The Morgan fingerprint density at radius 2 is 2.25 bits per heavy atom. The highest BCUT2D eigenvalue weighted by Gasteiger charge is 2.30. The van der Waals surface area contributed by atoms with Crippen LogP contribution in [0.25, 0.3) is 0 Å². The van der Waals surface area contributed by atoms with Crippen molar-refractivity contribution in [3.63, 3.8) is 0 Å². The molecule has 12 heavy (non-hydrogen) atoms. The predicted octanol–water partition coefficient (Wildman–Crippen LogP) is 1.68. The first-order chi connectivity index (χ1) is 5.70. The molecule has 64 valence electrons. The second kappa shape index (κ2) is 2.47. The Hall–Kier alpha value is -1.05. The lowest BCUT2D eigenvalue weighted by atomic mass is 9.82. The van der Waals surface area contributed by atoms with Crippen molar-refractivity contribution in [1.29, 1.82) is 0 Å². The molecule has 0 fully saturated rings. The fraction of sp³-hybridized carbons (Fsp3) is 0.500. The van der Waals surface area contributed by atoms with Crippen LogP contribution in [-0.4, -0.2) is 12.6 Å². The van der Waals surface area contributed by atoms with Crippen molar-refractivity contribution in [2.45, 2.75) is 13.8 Å². The molecule has 2 unspecified atom stereocenters. The first-order valence-electron chi connectivity index (χ1n) is 4.28. The van der Waals surface area contributed by atoms with Crippen LogP contribution in [-0.2, 0) is 9.53 Å². The molecule has 2 rings (SSSR count). The van der Waals surface area contributed by atoms with Crippen molar-refractivity contribution in [1.82, 2.24) is 0 Å². The van der Waals surface area contributed by atoms with Crippen LogP contribution in [0, 0.1) is 11.8 Å². The summed E-state index contributed by atoms with van der Waals surface area (Å²) in [4.78, 5) is 11.1. The molecule has 0 spiro atoms. The van der Waals surface area contributed by atoms with Gasteiger partial charge in [-0.3, -0.25) is 0 Å². The molecule has 2 atom stereocenters. The number of esters is 1. The molecule has 2 heteroatoms. The van der Waals surface area contributed by atoms with Crippen molar-refractivity contribution in [2.24, 2.45) is 11.8 Å². The van der Waals surface area contributed by atoms with Gasteiger partial charge in [0.1, 0.15) is 6.61 Å². The Labute approximate surface area is 71.9 Å². The zero-order valence-corrected chi connectivity index (χ0v) is 7.33. The summed E-state index contributed by atoms with van der Waals surface area (Å²) in [5.74, 6) is 0.828. The number of allylic oxidation sites excluding steroid dienone is 1. The standard InChI is InChI=1S/C10H12O2/c1-6-3-4-8-9(7(6)2)5-12-10(8)11/h3-4,6-7H,5H2,1-2H3. The number of hydrogen-bond acceptors (Lipinski definition) is 2. The number of hydrogen-bond donors (Lipinski definition) is 0. The molecule has 0 aromatic heterocycles. The third kappa shape index (κ3) is 0.909. The molecule has 0 aromatic rings. The van der Waals surface area contributed by atoms with E-state index in [2.05, 4.69) is 19.9 Å². The lowest BCUT2D eigenvalue weighted by Gasteiger charge is -2.20. The van der Waals surface area contributed by atoms with E-state index in [0.29, 0.717) is 18.4 Å². The molecule has 0 saturated carbocycles. The van der Waals surface area contributed by atoms with E-state index >= 15 is 0 Å². The number of ether oxygens (including phenoxy) is 1. The Bertz CT molecular complexity index is 286. The van der Waals surface area contributed by atoms with Crippen LogP contribution in [0.5, 0.6) is 0 Å². The van der Waals surface area contributed by atoms with Gasteiger partial charge in [-0.1, -0.05) is 26.0 Å². The second-order valence-corrected chi connectivity index (χ2v) is 3.52. The minimum absolute atomic E-state index is 0.153. The zero-order chi connectivity index (χ0) is 8.72. The fourth-order valence-electron chi connectivity index (χ4n) is 1.71. The van der Waals surface area contributed by atoms with Crippen molar-refractivity contribution >= 4 is 5.97 Å². The number of rotatable bonds is 0. The maximum atomic E-state index is 11.1. The van der Waals surface area contributed by atoms with Crippen LogP contribution in [0.4, 0.5) is 0 Å². The van der Waals surface area contributed by atoms with E-state index in [4.69, 9.17) is 4.74 Å². The fourth-order valence-corrected chi connectivity index (χ4v) is 1.71. The molecule has 0 N–H and O–H groups in total. The molecule has 1 aliphatic heterocycles.